The van der Waals surface area contributed by atoms with Gasteiger partial charge in [-0.15, -0.1) is 0 Å². The zero-order chi connectivity index (χ0) is 24.6. The van der Waals surface area contributed by atoms with E-state index in [1.54, 1.807) is 0 Å². The van der Waals surface area contributed by atoms with E-state index < -0.39 is 24.0 Å². The van der Waals surface area contributed by atoms with Gasteiger partial charge in [0.15, 0.2) is 5.60 Å². The van der Waals surface area contributed by atoms with Crippen LogP contribution in [0.1, 0.15) is 85.0 Å². The lowest BCUT2D eigenvalue weighted by Gasteiger charge is -2.44. The van der Waals surface area contributed by atoms with Gasteiger partial charge >= 0.3 is 6.18 Å². The van der Waals surface area contributed by atoms with Crippen molar-refractivity contribution < 1.29 is 28.5 Å². The third kappa shape index (κ3) is 5.59. The standard InChI is InChI=1S/C27H41F3O3/c1-17(7-5-14-26(4,33)27(28,29)30)22-11-12-23-19(8-6-13-25(22,23)3)9-10-20-15-21(31)16-24(32)18(20)2/h9-10,17,21-24,31-33H,2,5-8,11-16H2,1,3-4H3/t17-,21-,22-,23?,24?,25-,26-/m1/s1. The molecule has 3 saturated carbocycles. The molecule has 7 atom stereocenters. The second kappa shape index (κ2) is 9.87. The molecule has 0 aliphatic heterocycles. The van der Waals surface area contributed by atoms with Crippen molar-refractivity contribution in [2.45, 2.75) is 109 Å². The third-order valence-electron chi connectivity index (χ3n) is 8.92. The summed E-state index contributed by atoms with van der Waals surface area (Å²) >= 11 is 0. The fourth-order valence-corrected chi connectivity index (χ4v) is 6.79. The molecular weight excluding hydrogens is 429 g/mol. The molecule has 3 N–H and O–H groups in total. The van der Waals surface area contributed by atoms with Crippen LogP contribution in [0.5, 0.6) is 0 Å². The van der Waals surface area contributed by atoms with Crippen molar-refractivity contribution in [2.75, 3.05) is 0 Å². The van der Waals surface area contributed by atoms with E-state index in [0.29, 0.717) is 49.0 Å². The van der Waals surface area contributed by atoms with Crippen LogP contribution in [0.15, 0.2) is 35.5 Å². The second-order valence-electron chi connectivity index (χ2n) is 11.3. The van der Waals surface area contributed by atoms with Gasteiger partial charge in [0.2, 0.25) is 0 Å². The summed E-state index contributed by atoms with van der Waals surface area (Å²) in [6, 6.07) is 0. The SMILES string of the molecule is C=C1C(=CC=C2CCC[C@@]3(C)C2CC[C@@H]3[C@H](C)CCC[C@@](C)(O)C(F)(F)F)C[C@@H](O)CC1O. The molecule has 0 radical (unpaired) electrons. The minimum Gasteiger partial charge on any atom is -0.393 e. The molecule has 0 amide bonds. The number of rotatable bonds is 6. The molecule has 0 aromatic rings. The fraction of sp³-hybridized carbons (Fsp3) is 0.778. The van der Waals surface area contributed by atoms with E-state index in [1.807, 2.05) is 6.08 Å². The van der Waals surface area contributed by atoms with E-state index in [-0.39, 0.29) is 11.8 Å². The van der Waals surface area contributed by atoms with Crippen molar-refractivity contribution in [3.63, 3.8) is 0 Å². The number of hydrogen-bond acceptors (Lipinski definition) is 3. The van der Waals surface area contributed by atoms with Crippen LogP contribution in [0.25, 0.3) is 0 Å². The maximum absolute atomic E-state index is 13.0. The van der Waals surface area contributed by atoms with Gasteiger partial charge in [-0.2, -0.15) is 13.2 Å². The largest absolute Gasteiger partial charge is 0.416 e. The molecule has 6 heteroatoms. The highest BCUT2D eigenvalue weighted by Gasteiger charge is 2.51. The first-order valence-corrected chi connectivity index (χ1v) is 12.5. The van der Waals surface area contributed by atoms with Crippen molar-refractivity contribution in [3.8, 4) is 0 Å². The van der Waals surface area contributed by atoms with Gasteiger partial charge < -0.3 is 15.3 Å². The Kier molecular flexibility index (Phi) is 7.92. The molecule has 3 fully saturated rings. The van der Waals surface area contributed by atoms with Crippen LogP contribution in [0, 0.1) is 23.2 Å². The Labute approximate surface area is 196 Å². The van der Waals surface area contributed by atoms with Crippen molar-refractivity contribution in [1.82, 2.24) is 0 Å². The van der Waals surface area contributed by atoms with Gasteiger partial charge in [-0.25, -0.2) is 0 Å². The normalized spacial score (nSPS) is 38.4. The number of fused-ring (bicyclic) bond motifs is 1. The Hall–Kier alpha value is -1.11. The van der Waals surface area contributed by atoms with Gasteiger partial charge in [-0.05, 0) is 92.6 Å². The first-order valence-electron chi connectivity index (χ1n) is 12.5. The summed E-state index contributed by atoms with van der Waals surface area (Å²) in [5.41, 5.74) is 0.544. The minimum atomic E-state index is -4.59. The highest BCUT2D eigenvalue weighted by Crippen LogP contribution is 2.60. The number of aliphatic hydroxyl groups is 3. The molecule has 33 heavy (non-hydrogen) atoms. The molecule has 3 nitrogen and oxygen atoms in total. The summed E-state index contributed by atoms with van der Waals surface area (Å²) < 4.78 is 38.9. The minimum absolute atomic E-state index is 0.136. The number of hydrogen-bond donors (Lipinski definition) is 3. The Morgan fingerprint density at radius 1 is 1.21 bits per heavy atom. The summed E-state index contributed by atoms with van der Waals surface area (Å²) in [6.45, 7) is 9.39. The van der Waals surface area contributed by atoms with Crippen LogP contribution in [0.2, 0.25) is 0 Å². The lowest BCUT2D eigenvalue weighted by Crippen LogP contribution is -2.42. The quantitative estimate of drug-likeness (QED) is 0.430. The predicted molar refractivity (Wildman–Crippen MR) is 124 cm³/mol. The fourth-order valence-electron chi connectivity index (χ4n) is 6.79. The zero-order valence-electron chi connectivity index (χ0n) is 20.3. The van der Waals surface area contributed by atoms with Crippen molar-refractivity contribution in [2.24, 2.45) is 23.2 Å². The van der Waals surface area contributed by atoms with Crippen LogP contribution in [-0.2, 0) is 0 Å². The summed E-state index contributed by atoms with van der Waals surface area (Å²) in [4.78, 5) is 0. The van der Waals surface area contributed by atoms with Crippen molar-refractivity contribution in [1.29, 1.82) is 0 Å². The zero-order valence-corrected chi connectivity index (χ0v) is 20.3. The molecule has 0 spiro atoms. The average Bonchev–Trinajstić information content (AvgIpc) is 3.06. The van der Waals surface area contributed by atoms with E-state index in [0.717, 1.165) is 44.6 Å². The van der Waals surface area contributed by atoms with Crippen molar-refractivity contribution in [3.05, 3.63) is 35.5 Å². The van der Waals surface area contributed by atoms with Gasteiger partial charge in [-0.1, -0.05) is 44.6 Å². The van der Waals surface area contributed by atoms with Gasteiger partial charge in [0.1, 0.15) is 0 Å². The molecule has 2 unspecified atom stereocenters. The topological polar surface area (TPSA) is 60.7 Å². The van der Waals surface area contributed by atoms with Gasteiger partial charge in [0.25, 0.3) is 0 Å². The van der Waals surface area contributed by atoms with Crippen LogP contribution in [0.3, 0.4) is 0 Å². The Morgan fingerprint density at radius 2 is 1.91 bits per heavy atom. The maximum atomic E-state index is 13.0. The first kappa shape index (κ1) is 26.5. The third-order valence-corrected chi connectivity index (χ3v) is 8.92. The molecular formula is C27H41F3O3. The van der Waals surface area contributed by atoms with Crippen LogP contribution < -0.4 is 0 Å². The highest BCUT2D eigenvalue weighted by atomic mass is 19.4. The lowest BCUT2D eigenvalue weighted by atomic mass is 9.60. The van der Waals surface area contributed by atoms with E-state index in [1.165, 1.54) is 5.57 Å². The molecule has 3 aliphatic rings. The molecule has 0 aromatic carbocycles. The number of alkyl halides is 3. The monoisotopic (exact) mass is 470 g/mol. The van der Waals surface area contributed by atoms with Crippen molar-refractivity contribution >= 4 is 0 Å². The summed E-state index contributed by atoms with van der Waals surface area (Å²) in [6.07, 6.45) is 5.49. The molecule has 188 valence electrons. The van der Waals surface area contributed by atoms with Gasteiger partial charge in [-0.3, -0.25) is 0 Å². The van der Waals surface area contributed by atoms with E-state index in [2.05, 4.69) is 26.5 Å². The van der Waals surface area contributed by atoms with E-state index >= 15 is 0 Å². The first-order chi connectivity index (χ1) is 15.3. The second-order valence-corrected chi connectivity index (χ2v) is 11.3. The van der Waals surface area contributed by atoms with Crippen LogP contribution >= 0.6 is 0 Å². The molecule has 0 aromatic heterocycles. The smallest absolute Gasteiger partial charge is 0.393 e. The average molecular weight is 471 g/mol. The van der Waals surface area contributed by atoms with Gasteiger partial charge in [0, 0.05) is 6.42 Å². The Morgan fingerprint density at radius 3 is 2.58 bits per heavy atom. The molecule has 3 rings (SSSR count). The lowest BCUT2D eigenvalue weighted by molar-refractivity contribution is -0.255. The van der Waals surface area contributed by atoms with E-state index in [9.17, 15) is 28.5 Å². The molecule has 0 bridgehead atoms. The van der Waals surface area contributed by atoms with E-state index in [4.69, 9.17) is 0 Å². The number of allylic oxidation sites excluding steroid dienone is 3. The number of halogens is 3. The van der Waals surface area contributed by atoms with Crippen LogP contribution in [0.4, 0.5) is 13.2 Å². The molecule has 0 heterocycles. The van der Waals surface area contributed by atoms with Crippen LogP contribution in [-0.4, -0.2) is 39.3 Å². The Balaban J connectivity index is 1.67. The van der Waals surface area contributed by atoms with Gasteiger partial charge in [0.05, 0.1) is 12.2 Å². The summed E-state index contributed by atoms with van der Waals surface area (Å²) in [7, 11) is 0. The highest BCUT2D eigenvalue weighted by molar-refractivity contribution is 5.38. The molecule has 0 saturated heterocycles. The summed E-state index contributed by atoms with van der Waals surface area (Å²) in [5, 5.41) is 29.9. The summed E-state index contributed by atoms with van der Waals surface area (Å²) in [5.74, 6) is 1.23. The molecule has 3 aliphatic carbocycles. The predicted octanol–water partition coefficient (Wildman–Crippen LogP) is 6.25. The Bertz CT molecular complexity index is 782. The maximum Gasteiger partial charge on any atom is 0.416 e. The number of aliphatic hydroxyl groups excluding tert-OH is 2.